The Morgan fingerprint density at radius 3 is 2.70 bits per heavy atom. The van der Waals surface area contributed by atoms with Crippen molar-refractivity contribution in [3.63, 3.8) is 0 Å². The molecule has 1 aromatic carbocycles. The van der Waals surface area contributed by atoms with Crippen LogP contribution in [0.3, 0.4) is 0 Å². The molecule has 5 N–H and O–H groups in total. The first-order valence-corrected chi connectivity index (χ1v) is 8.90. The summed E-state index contributed by atoms with van der Waals surface area (Å²) in [7, 11) is -2.10. The van der Waals surface area contributed by atoms with Gasteiger partial charge in [-0.3, -0.25) is 0 Å². The van der Waals surface area contributed by atoms with E-state index in [1.165, 1.54) is 19.2 Å². The average molecular weight is 319 g/mol. The van der Waals surface area contributed by atoms with Crippen molar-refractivity contribution in [2.75, 3.05) is 42.8 Å². The molecule has 0 aliphatic rings. The van der Waals surface area contributed by atoms with E-state index in [0.29, 0.717) is 5.69 Å². The lowest BCUT2D eigenvalue weighted by Crippen LogP contribution is -2.19. The molecule has 114 valence electrons. The van der Waals surface area contributed by atoms with Crippen LogP contribution in [0.15, 0.2) is 23.1 Å². The van der Waals surface area contributed by atoms with Crippen molar-refractivity contribution >= 4 is 33.2 Å². The maximum Gasteiger partial charge on any atom is 0.240 e. The van der Waals surface area contributed by atoms with Crippen molar-refractivity contribution in [1.29, 1.82) is 0 Å². The minimum absolute atomic E-state index is 0.153. The number of nitrogen functional groups attached to an aromatic ring is 1. The molecular formula is C12H21N3O3S2. The Labute approximate surface area is 124 Å². The van der Waals surface area contributed by atoms with Gasteiger partial charge in [0.1, 0.15) is 0 Å². The van der Waals surface area contributed by atoms with Gasteiger partial charge in [0.15, 0.2) is 0 Å². The van der Waals surface area contributed by atoms with Crippen LogP contribution in [0, 0.1) is 0 Å². The number of benzene rings is 1. The van der Waals surface area contributed by atoms with Crippen LogP contribution in [-0.2, 0) is 10.0 Å². The smallest absolute Gasteiger partial charge is 0.240 e. The van der Waals surface area contributed by atoms with Gasteiger partial charge in [0.25, 0.3) is 0 Å². The van der Waals surface area contributed by atoms with Crippen LogP contribution in [0.1, 0.15) is 6.42 Å². The van der Waals surface area contributed by atoms with Gasteiger partial charge in [-0.2, -0.15) is 11.8 Å². The third kappa shape index (κ3) is 5.20. The summed E-state index contributed by atoms with van der Waals surface area (Å²) < 4.78 is 25.5. The zero-order chi connectivity index (χ0) is 15.0. The van der Waals surface area contributed by atoms with Crippen molar-refractivity contribution < 1.29 is 13.5 Å². The molecule has 0 aromatic heterocycles. The molecule has 0 unspecified atom stereocenters. The average Bonchev–Trinajstić information content (AvgIpc) is 2.44. The molecule has 0 amide bonds. The highest BCUT2D eigenvalue weighted by atomic mass is 32.2. The molecule has 8 heteroatoms. The van der Waals surface area contributed by atoms with Crippen LogP contribution >= 0.6 is 11.8 Å². The maximum atomic E-state index is 11.6. The number of sulfonamides is 1. The van der Waals surface area contributed by atoms with Gasteiger partial charge in [-0.1, -0.05) is 0 Å². The molecule has 1 aromatic rings. The van der Waals surface area contributed by atoms with Crippen LogP contribution in [0.25, 0.3) is 0 Å². The number of aliphatic hydroxyl groups excluding tert-OH is 1. The summed E-state index contributed by atoms with van der Waals surface area (Å²) in [5, 5.41) is 11.8. The zero-order valence-corrected chi connectivity index (χ0v) is 13.1. The first kappa shape index (κ1) is 17.1. The highest BCUT2D eigenvalue weighted by molar-refractivity contribution is 7.99. The van der Waals surface area contributed by atoms with Crippen molar-refractivity contribution in [1.82, 2.24) is 4.72 Å². The van der Waals surface area contributed by atoms with E-state index in [4.69, 9.17) is 10.8 Å². The van der Waals surface area contributed by atoms with Crippen molar-refractivity contribution in [2.45, 2.75) is 11.3 Å². The summed E-state index contributed by atoms with van der Waals surface area (Å²) in [6.45, 7) is 0.952. The molecular weight excluding hydrogens is 298 g/mol. The highest BCUT2D eigenvalue weighted by Gasteiger charge is 2.12. The fourth-order valence-corrected chi connectivity index (χ4v) is 3.06. The number of hydrogen-bond acceptors (Lipinski definition) is 6. The number of nitrogens with one attached hydrogen (secondary N) is 2. The Morgan fingerprint density at radius 1 is 1.35 bits per heavy atom. The number of aliphatic hydroxyl groups is 1. The summed E-state index contributed by atoms with van der Waals surface area (Å²) in [5.74, 6) is 1.82. The second-order valence-electron chi connectivity index (χ2n) is 4.07. The monoisotopic (exact) mass is 319 g/mol. The summed E-state index contributed by atoms with van der Waals surface area (Å²) in [4.78, 5) is 0.153. The topological polar surface area (TPSA) is 104 Å². The lowest BCUT2D eigenvalue weighted by molar-refractivity contribution is 0.296. The number of rotatable bonds is 9. The van der Waals surface area contributed by atoms with Gasteiger partial charge in [-0.25, -0.2) is 13.1 Å². The molecule has 0 atom stereocenters. The summed E-state index contributed by atoms with van der Waals surface area (Å²) >= 11 is 1.74. The third-order valence-electron chi connectivity index (χ3n) is 2.61. The molecule has 20 heavy (non-hydrogen) atoms. The lowest BCUT2D eigenvalue weighted by atomic mass is 10.2. The van der Waals surface area contributed by atoms with Gasteiger partial charge >= 0.3 is 0 Å². The van der Waals surface area contributed by atoms with Crippen molar-refractivity contribution in [3.05, 3.63) is 18.2 Å². The SMILES string of the molecule is CNS(=O)(=O)c1ccc(NCCSCCCO)c(N)c1. The third-order valence-corrected chi connectivity index (χ3v) is 5.09. The summed E-state index contributed by atoms with van der Waals surface area (Å²) in [6.07, 6.45) is 0.795. The molecule has 1 rings (SSSR count). The predicted molar refractivity (Wildman–Crippen MR) is 84.6 cm³/mol. The van der Waals surface area contributed by atoms with Gasteiger partial charge in [0.2, 0.25) is 10.0 Å². The van der Waals surface area contributed by atoms with Crippen LogP contribution in [-0.4, -0.2) is 45.2 Å². The normalized spacial score (nSPS) is 11.5. The van der Waals surface area contributed by atoms with E-state index in [-0.39, 0.29) is 11.5 Å². The molecule has 0 bridgehead atoms. The van der Waals surface area contributed by atoms with Crippen LogP contribution in [0.4, 0.5) is 11.4 Å². The lowest BCUT2D eigenvalue weighted by Gasteiger charge is -2.11. The van der Waals surface area contributed by atoms with Gasteiger partial charge in [0.05, 0.1) is 16.3 Å². The fourth-order valence-electron chi connectivity index (χ4n) is 1.51. The van der Waals surface area contributed by atoms with E-state index in [9.17, 15) is 8.42 Å². The highest BCUT2D eigenvalue weighted by Crippen LogP contribution is 2.22. The fraction of sp³-hybridized carbons (Fsp3) is 0.500. The van der Waals surface area contributed by atoms with E-state index in [1.807, 2.05) is 0 Å². The van der Waals surface area contributed by atoms with E-state index in [1.54, 1.807) is 17.8 Å². The number of hydrogen-bond donors (Lipinski definition) is 4. The predicted octanol–water partition coefficient (Wildman–Crippen LogP) is 0.704. The van der Waals surface area contributed by atoms with Gasteiger partial charge < -0.3 is 16.2 Å². The largest absolute Gasteiger partial charge is 0.397 e. The van der Waals surface area contributed by atoms with E-state index >= 15 is 0 Å². The molecule has 0 saturated carbocycles. The quantitative estimate of drug-likeness (QED) is 0.395. The summed E-state index contributed by atoms with van der Waals surface area (Å²) in [5.41, 5.74) is 6.97. The van der Waals surface area contributed by atoms with Gasteiger partial charge in [0, 0.05) is 18.9 Å². The standard InChI is InChI=1S/C12H21N3O3S2/c1-14-20(17,18)10-3-4-12(11(13)9-10)15-5-8-19-7-2-6-16/h3-4,9,14-16H,2,5-8,13H2,1H3. The Morgan fingerprint density at radius 2 is 2.10 bits per heavy atom. The molecule has 0 spiro atoms. The maximum absolute atomic E-state index is 11.6. The number of thioether (sulfide) groups is 1. The van der Waals surface area contributed by atoms with Crippen LogP contribution in [0.2, 0.25) is 0 Å². The zero-order valence-electron chi connectivity index (χ0n) is 11.4. The Bertz CT molecular complexity index is 521. The Balaban J connectivity index is 2.53. The van der Waals surface area contributed by atoms with Crippen molar-refractivity contribution in [2.24, 2.45) is 0 Å². The molecule has 0 aliphatic carbocycles. The second kappa shape index (κ2) is 8.35. The first-order valence-electron chi connectivity index (χ1n) is 6.27. The molecule has 0 radical (unpaired) electrons. The van der Waals surface area contributed by atoms with Crippen LogP contribution in [0.5, 0.6) is 0 Å². The molecule has 6 nitrogen and oxygen atoms in total. The van der Waals surface area contributed by atoms with Crippen molar-refractivity contribution in [3.8, 4) is 0 Å². The van der Waals surface area contributed by atoms with Gasteiger partial charge in [-0.15, -0.1) is 0 Å². The van der Waals surface area contributed by atoms with E-state index in [2.05, 4.69) is 10.0 Å². The summed E-state index contributed by atoms with van der Waals surface area (Å²) in [6, 6.07) is 4.62. The van der Waals surface area contributed by atoms with E-state index in [0.717, 1.165) is 30.2 Å². The molecule has 0 saturated heterocycles. The molecule has 0 fully saturated rings. The number of anilines is 2. The first-order chi connectivity index (χ1) is 9.51. The minimum Gasteiger partial charge on any atom is -0.397 e. The minimum atomic E-state index is -3.46. The second-order valence-corrected chi connectivity index (χ2v) is 7.18. The number of nitrogens with two attached hydrogens (primary N) is 1. The van der Waals surface area contributed by atoms with Gasteiger partial charge in [-0.05, 0) is 37.4 Å². The van der Waals surface area contributed by atoms with E-state index < -0.39 is 10.0 Å². The molecule has 0 aliphatic heterocycles. The molecule has 0 heterocycles. The van der Waals surface area contributed by atoms with Crippen LogP contribution < -0.4 is 15.8 Å². The Hall–Kier alpha value is -0.960. The Kier molecular flexibility index (Phi) is 7.14.